The molecule has 0 atom stereocenters. The smallest absolute Gasteiger partial charge is 0.273 e. The third kappa shape index (κ3) is 3.68. The number of nitrogens with one attached hydrogen (secondary N) is 2. The summed E-state index contributed by atoms with van der Waals surface area (Å²) < 4.78 is 0.900. The van der Waals surface area contributed by atoms with Gasteiger partial charge in [-0.2, -0.15) is 0 Å². The lowest BCUT2D eigenvalue weighted by Crippen LogP contribution is -2.44. The van der Waals surface area contributed by atoms with E-state index in [-0.39, 0.29) is 11.1 Å². The number of aryl methyl sites for hydroxylation is 2. The third-order valence-electron chi connectivity index (χ3n) is 3.69. The molecule has 0 fully saturated rings. The van der Waals surface area contributed by atoms with Crippen LogP contribution in [0.4, 0.5) is 0 Å². The third-order valence-corrected chi connectivity index (χ3v) is 3.69. The van der Waals surface area contributed by atoms with E-state index in [9.17, 15) is 28.8 Å². The molecular weight excluding hydrogens is 344 g/mol. The zero-order valence-electron chi connectivity index (χ0n) is 14.3. The second-order valence-electron chi connectivity index (χ2n) is 5.68. The van der Waals surface area contributed by atoms with Gasteiger partial charge in [-0.15, -0.1) is 0 Å². The van der Waals surface area contributed by atoms with E-state index in [4.69, 9.17) is 0 Å². The maximum atomic E-state index is 12.4. The molecule has 2 N–H and O–H groups in total. The molecule has 0 radical (unpaired) electrons. The average molecular weight is 362 g/mol. The van der Waals surface area contributed by atoms with Crippen molar-refractivity contribution in [1.29, 1.82) is 0 Å². The zero-order valence-corrected chi connectivity index (χ0v) is 14.3. The lowest BCUT2D eigenvalue weighted by molar-refractivity contribution is 0.0707. The Hall–Kier alpha value is -3.30. The number of carbonyl (C=O) groups is 2. The van der Waals surface area contributed by atoms with Gasteiger partial charge in [-0.05, 0) is 12.8 Å². The summed E-state index contributed by atoms with van der Waals surface area (Å²) in [7, 11) is 0. The second-order valence-corrected chi connectivity index (χ2v) is 5.68. The fourth-order valence-electron chi connectivity index (χ4n) is 2.42. The molecule has 10 nitrogen and oxygen atoms in total. The van der Waals surface area contributed by atoms with E-state index in [0.29, 0.717) is 34.8 Å². The number of hydrogen-bond acceptors (Lipinski definition) is 6. The summed E-state index contributed by atoms with van der Waals surface area (Å²) in [6.07, 6.45) is 3.77. The Morgan fingerprint density at radius 1 is 0.769 bits per heavy atom. The molecule has 2 aromatic rings. The highest BCUT2D eigenvalue weighted by molar-refractivity contribution is 6.36. The minimum Gasteiger partial charge on any atom is -0.273 e. The van der Waals surface area contributed by atoms with Crippen molar-refractivity contribution < 1.29 is 9.59 Å². The van der Waals surface area contributed by atoms with Crippen LogP contribution in [0.2, 0.25) is 0 Å². The number of carbonyl (C=O) groups excluding carboxylic acids is 2. The fraction of sp³-hybridized carbons (Fsp3) is 0.375. The predicted octanol–water partition coefficient (Wildman–Crippen LogP) is -0.728. The van der Waals surface area contributed by atoms with Gasteiger partial charge in [-0.25, -0.2) is 18.7 Å². The molecule has 0 aliphatic heterocycles. The first-order valence-electron chi connectivity index (χ1n) is 8.08. The highest BCUT2D eigenvalue weighted by Crippen LogP contribution is 1.97. The zero-order chi connectivity index (χ0) is 19.4. The molecule has 26 heavy (non-hydrogen) atoms. The number of hydrogen-bond donors (Lipinski definition) is 2. The standard InChI is InChI=1S/C16H18N4O6/c1-3-5-9-7-19(15(25)17-11(9)21)13(23)14(24)20-8-10(6-4-2)12(22)18-16(20)26/h7-8H,3-6H2,1-2H3,(H,17,21,25)(H,18,22,26). The molecule has 0 saturated carbocycles. The largest absolute Gasteiger partial charge is 0.335 e. The van der Waals surface area contributed by atoms with Gasteiger partial charge in [-0.3, -0.25) is 29.1 Å². The fourth-order valence-corrected chi connectivity index (χ4v) is 2.42. The van der Waals surface area contributed by atoms with Gasteiger partial charge in [0.05, 0.1) is 0 Å². The normalized spacial score (nSPS) is 10.7. The highest BCUT2D eigenvalue weighted by Gasteiger charge is 2.23. The SMILES string of the molecule is CCCc1cn(C(=O)C(=O)n2cc(CCC)c(=O)[nH]c2=O)c(=O)[nH]c1=O. The van der Waals surface area contributed by atoms with Crippen LogP contribution in [-0.2, 0) is 12.8 Å². The van der Waals surface area contributed by atoms with Crippen molar-refractivity contribution in [3.8, 4) is 0 Å². The quantitative estimate of drug-likeness (QED) is 0.686. The van der Waals surface area contributed by atoms with Gasteiger partial charge in [0.15, 0.2) is 0 Å². The molecule has 0 aliphatic rings. The van der Waals surface area contributed by atoms with Crippen molar-refractivity contribution in [3.05, 3.63) is 65.2 Å². The van der Waals surface area contributed by atoms with E-state index in [1.807, 2.05) is 9.97 Å². The molecule has 2 rings (SSSR count). The number of nitrogens with zero attached hydrogens (tertiary/aromatic N) is 2. The lowest BCUT2D eigenvalue weighted by Gasteiger charge is -2.07. The minimum absolute atomic E-state index is 0.161. The molecule has 0 aliphatic carbocycles. The summed E-state index contributed by atoms with van der Waals surface area (Å²) in [4.78, 5) is 75.8. The van der Waals surface area contributed by atoms with Crippen LogP contribution in [0.1, 0.15) is 47.4 Å². The first kappa shape index (κ1) is 19.0. The van der Waals surface area contributed by atoms with Gasteiger partial charge >= 0.3 is 23.2 Å². The van der Waals surface area contributed by atoms with Crippen LogP contribution < -0.4 is 22.5 Å². The summed E-state index contributed by atoms with van der Waals surface area (Å²) in [6.45, 7) is 3.61. The van der Waals surface area contributed by atoms with Crippen LogP contribution >= 0.6 is 0 Å². The first-order chi connectivity index (χ1) is 12.3. The number of aromatic amines is 2. The van der Waals surface area contributed by atoms with Crippen LogP contribution in [0.5, 0.6) is 0 Å². The van der Waals surface area contributed by atoms with Crippen LogP contribution in [0, 0.1) is 0 Å². The summed E-state index contributed by atoms with van der Waals surface area (Å²) >= 11 is 0. The topological polar surface area (TPSA) is 144 Å². The predicted molar refractivity (Wildman–Crippen MR) is 91.9 cm³/mol. The van der Waals surface area contributed by atoms with Crippen LogP contribution in [0.25, 0.3) is 0 Å². The van der Waals surface area contributed by atoms with Gasteiger partial charge in [0.2, 0.25) is 0 Å². The van der Waals surface area contributed by atoms with E-state index >= 15 is 0 Å². The monoisotopic (exact) mass is 362 g/mol. The summed E-state index contributed by atoms with van der Waals surface area (Å²) in [5.74, 6) is -2.64. The van der Waals surface area contributed by atoms with Crippen molar-refractivity contribution in [3.63, 3.8) is 0 Å². The first-order valence-corrected chi connectivity index (χ1v) is 8.08. The molecule has 0 aromatic carbocycles. The Morgan fingerprint density at radius 2 is 1.12 bits per heavy atom. The molecule has 0 bridgehead atoms. The molecule has 0 amide bonds. The van der Waals surface area contributed by atoms with E-state index < -0.39 is 34.3 Å². The van der Waals surface area contributed by atoms with Crippen molar-refractivity contribution in [2.45, 2.75) is 39.5 Å². The van der Waals surface area contributed by atoms with Gasteiger partial charge in [0.25, 0.3) is 11.1 Å². The van der Waals surface area contributed by atoms with Gasteiger partial charge in [0, 0.05) is 23.5 Å². The number of H-pyrrole nitrogens is 2. The van der Waals surface area contributed by atoms with E-state index in [0.717, 1.165) is 12.4 Å². The molecule has 0 spiro atoms. The second kappa shape index (κ2) is 7.72. The number of rotatable bonds is 4. The molecule has 2 heterocycles. The Morgan fingerprint density at radius 3 is 1.42 bits per heavy atom. The molecular formula is C16H18N4O6. The van der Waals surface area contributed by atoms with E-state index in [2.05, 4.69) is 0 Å². The maximum Gasteiger partial charge on any atom is 0.335 e. The van der Waals surface area contributed by atoms with Gasteiger partial charge in [0.1, 0.15) is 0 Å². The minimum atomic E-state index is -1.32. The van der Waals surface area contributed by atoms with Crippen LogP contribution in [0.3, 0.4) is 0 Å². The number of aromatic nitrogens is 4. The molecule has 0 unspecified atom stereocenters. The maximum absolute atomic E-state index is 12.4. The van der Waals surface area contributed by atoms with Crippen LogP contribution in [0.15, 0.2) is 31.6 Å². The lowest BCUT2D eigenvalue weighted by atomic mass is 10.2. The van der Waals surface area contributed by atoms with Crippen molar-refractivity contribution in [2.24, 2.45) is 0 Å². The average Bonchev–Trinajstić information content (AvgIpc) is 2.58. The summed E-state index contributed by atoms with van der Waals surface area (Å²) in [5, 5.41) is 0. The van der Waals surface area contributed by atoms with Crippen LogP contribution in [-0.4, -0.2) is 30.9 Å². The Kier molecular flexibility index (Phi) is 5.65. The van der Waals surface area contributed by atoms with Crippen molar-refractivity contribution >= 4 is 11.8 Å². The summed E-state index contributed by atoms with van der Waals surface area (Å²) in [5.41, 5.74) is -3.12. The molecule has 10 heteroatoms. The Balaban J connectivity index is 2.53. The Bertz CT molecular complexity index is 998. The van der Waals surface area contributed by atoms with Gasteiger partial charge < -0.3 is 0 Å². The molecule has 0 saturated heterocycles. The highest BCUT2D eigenvalue weighted by atomic mass is 16.2. The van der Waals surface area contributed by atoms with Crippen molar-refractivity contribution in [1.82, 2.24) is 19.1 Å². The molecule has 138 valence electrons. The van der Waals surface area contributed by atoms with Crippen molar-refractivity contribution in [2.75, 3.05) is 0 Å². The molecule has 2 aromatic heterocycles. The summed E-state index contributed by atoms with van der Waals surface area (Å²) in [6, 6.07) is 0. The Labute approximate surface area is 146 Å². The van der Waals surface area contributed by atoms with E-state index in [1.54, 1.807) is 13.8 Å². The van der Waals surface area contributed by atoms with E-state index in [1.165, 1.54) is 0 Å². The van der Waals surface area contributed by atoms with Gasteiger partial charge in [-0.1, -0.05) is 26.7 Å².